The number of hydrogen-bond donors (Lipinski definition) is 0. The minimum Gasteiger partial charge on any atom is -0.330 e. The first-order valence-electron chi connectivity index (χ1n) is 4.53. The number of carbonyl (C=O) groups is 2. The second-order valence-electron chi connectivity index (χ2n) is 3.50. The number of hydrogen-bond acceptors (Lipinski definition) is 3. The van der Waals surface area contributed by atoms with Crippen LogP contribution in [0.2, 0.25) is 0 Å². The number of rotatable bonds is 1. The highest BCUT2D eigenvalue weighted by Gasteiger charge is 2.25. The zero-order chi connectivity index (χ0) is 10.1. The van der Waals surface area contributed by atoms with Gasteiger partial charge in [-0.1, -0.05) is 0 Å². The summed E-state index contributed by atoms with van der Waals surface area (Å²) in [6.07, 6.45) is 0.510. The molecule has 1 aliphatic rings. The van der Waals surface area contributed by atoms with E-state index in [-0.39, 0.29) is 18.2 Å². The van der Waals surface area contributed by atoms with Crippen LogP contribution in [0.1, 0.15) is 21.7 Å². The summed E-state index contributed by atoms with van der Waals surface area (Å²) in [7, 11) is 0. The molecule has 1 aromatic rings. The molecule has 4 heteroatoms. The third kappa shape index (κ3) is 1.70. The zero-order valence-electron chi connectivity index (χ0n) is 7.95. The predicted octanol–water partition coefficient (Wildman–Crippen LogP) is 1.47. The second-order valence-corrected chi connectivity index (χ2v) is 4.41. The van der Waals surface area contributed by atoms with Gasteiger partial charge < -0.3 is 4.90 Å². The van der Waals surface area contributed by atoms with Crippen molar-refractivity contribution in [1.82, 2.24) is 4.90 Å². The normalized spacial score (nSPS) is 16.4. The van der Waals surface area contributed by atoms with Gasteiger partial charge in [-0.2, -0.15) is 0 Å². The van der Waals surface area contributed by atoms with E-state index < -0.39 is 0 Å². The molecule has 2 rings (SSSR count). The number of aryl methyl sites for hydroxylation is 1. The number of Topliss-reactive ketones (excluding diaryl/α,β-unsaturated/α-hetero) is 1. The van der Waals surface area contributed by atoms with E-state index in [0.717, 1.165) is 10.4 Å². The molecule has 14 heavy (non-hydrogen) atoms. The van der Waals surface area contributed by atoms with Crippen molar-refractivity contribution in [2.24, 2.45) is 0 Å². The smallest absolute Gasteiger partial charge is 0.264 e. The fourth-order valence-electron chi connectivity index (χ4n) is 1.50. The molecule has 74 valence electrons. The topological polar surface area (TPSA) is 37.4 Å². The van der Waals surface area contributed by atoms with Gasteiger partial charge in [0, 0.05) is 13.0 Å². The van der Waals surface area contributed by atoms with Gasteiger partial charge in [0.1, 0.15) is 0 Å². The molecule has 0 spiro atoms. The summed E-state index contributed by atoms with van der Waals surface area (Å²) in [6.45, 7) is 2.83. The molecule has 1 saturated heterocycles. The van der Waals surface area contributed by atoms with Crippen LogP contribution < -0.4 is 0 Å². The molecule has 0 aliphatic carbocycles. The number of nitrogens with zero attached hydrogens (tertiary/aromatic N) is 1. The minimum atomic E-state index is -0.00560. The fraction of sp³-hybridized carbons (Fsp3) is 0.400. The molecule has 1 aliphatic heterocycles. The predicted molar refractivity (Wildman–Crippen MR) is 54.6 cm³/mol. The first kappa shape index (κ1) is 9.40. The molecule has 0 N–H and O–H groups in total. The second kappa shape index (κ2) is 3.53. The van der Waals surface area contributed by atoms with Gasteiger partial charge in [-0.3, -0.25) is 9.59 Å². The van der Waals surface area contributed by atoms with E-state index in [9.17, 15) is 9.59 Å². The number of amides is 1. The summed E-state index contributed by atoms with van der Waals surface area (Å²) in [5.74, 6) is 0.153. The van der Waals surface area contributed by atoms with Crippen LogP contribution in [0.15, 0.2) is 11.4 Å². The highest BCUT2D eigenvalue weighted by atomic mass is 32.1. The molecule has 0 radical (unpaired) electrons. The van der Waals surface area contributed by atoms with Gasteiger partial charge in [-0.25, -0.2) is 0 Å². The Kier molecular flexibility index (Phi) is 2.37. The molecule has 0 atom stereocenters. The van der Waals surface area contributed by atoms with Crippen molar-refractivity contribution in [1.29, 1.82) is 0 Å². The van der Waals surface area contributed by atoms with E-state index >= 15 is 0 Å². The summed E-state index contributed by atoms with van der Waals surface area (Å²) in [6, 6.07) is 1.87. The number of carbonyl (C=O) groups excluding carboxylic acids is 2. The van der Waals surface area contributed by atoms with Crippen molar-refractivity contribution in [2.75, 3.05) is 13.1 Å². The molecule has 1 aromatic heterocycles. The van der Waals surface area contributed by atoms with Crippen molar-refractivity contribution in [3.05, 3.63) is 21.9 Å². The summed E-state index contributed by atoms with van der Waals surface area (Å²) >= 11 is 1.44. The van der Waals surface area contributed by atoms with E-state index in [4.69, 9.17) is 0 Å². The van der Waals surface area contributed by atoms with Crippen molar-refractivity contribution < 1.29 is 9.59 Å². The Bertz CT molecular complexity index is 383. The summed E-state index contributed by atoms with van der Waals surface area (Å²) < 4.78 is 0. The Morgan fingerprint density at radius 1 is 1.57 bits per heavy atom. The monoisotopic (exact) mass is 209 g/mol. The van der Waals surface area contributed by atoms with Crippen LogP contribution in [0, 0.1) is 6.92 Å². The van der Waals surface area contributed by atoms with Gasteiger partial charge in [-0.15, -0.1) is 11.3 Å². The molecular weight excluding hydrogens is 198 g/mol. The molecule has 0 aromatic carbocycles. The number of thiophene rings is 1. The molecule has 2 heterocycles. The van der Waals surface area contributed by atoms with E-state index in [0.29, 0.717) is 13.0 Å². The van der Waals surface area contributed by atoms with E-state index in [1.54, 1.807) is 4.90 Å². The molecule has 1 amide bonds. The van der Waals surface area contributed by atoms with Crippen LogP contribution in [0.4, 0.5) is 0 Å². The van der Waals surface area contributed by atoms with Crippen LogP contribution >= 0.6 is 11.3 Å². The Morgan fingerprint density at radius 2 is 2.36 bits per heavy atom. The standard InChI is InChI=1S/C10H11NO2S/c1-7-4-9(14-6-7)10(13)11-3-2-8(12)5-11/h4,6H,2-3,5H2,1H3. The lowest BCUT2D eigenvalue weighted by atomic mass is 10.3. The molecule has 1 fully saturated rings. The van der Waals surface area contributed by atoms with Gasteiger partial charge >= 0.3 is 0 Å². The van der Waals surface area contributed by atoms with Crippen LogP contribution in [0.5, 0.6) is 0 Å². The van der Waals surface area contributed by atoms with Gasteiger partial charge in [0.25, 0.3) is 5.91 Å². The van der Waals surface area contributed by atoms with Crippen molar-refractivity contribution >= 4 is 23.0 Å². The van der Waals surface area contributed by atoms with Gasteiger partial charge in [0.2, 0.25) is 0 Å². The van der Waals surface area contributed by atoms with Gasteiger partial charge in [-0.05, 0) is 23.9 Å². The maximum atomic E-state index is 11.8. The number of likely N-dealkylation sites (tertiary alicyclic amines) is 1. The Hall–Kier alpha value is -1.16. The van der Waals surface area contributed by atoms with E-state index in [1.807, 2.05) is 18.4 Å². The summed E-state index contributed by atoms with van der Waals surface area (Å²) in [5, 5.41) is 1.95. The van der Waals surface area contributed by atoms with E-state index in [2.05, 4.69) is 0 Å². The lowest BCUT2D eigenvalue weighted by Crippen LogP contribution is -2.27. The average Bonchev–Trinajstić information content (AvgIpc) is 2.73. The maximum Gasteiger partial charge on any atom is 0.264 e. The highest BCUT2D eigenvalue weighted by Crippen LogP contribution is 2.17. The maximum absolute atomic E-state index is 11.8. The van der Waals surface area contributed by atoms with Crippen LogP contribution in [-0.2, 0) is 4.79 Å². The Balaban J connectivity index is 2.12. The Labute approximate surface area is 86.3 Å². The SMILES string of the molecule is Cc1csc(C(=O)N2CCC(=O)C2)c1. The minimum absolute atomic E-state index is 0.00560. The molecular formula is C10H11NO2S. The van der Waals surface area contributed by atoms with Gasteiger partial charge in [0.05, 0.1) is 11.4 Å². The summed E-state index contributed by atoms with van der Waals surface area (Å²) in [4.78, 5) is 25.1. The van der Waals surface area contributed by atoms with Crippen molar-refractivity contribution in [3.63, 3.8) is 0 Å². The zero-order valence-corrected chi connectivity index (χ0v) is 8.76. The van der Waals surface area contributed by atoms with Crippen LogP contribution in [-0.4, -0.2) is 29.7 Å². The van der Waals surface area contributed by atoms with E-state index in [1.165, 1.54) is 11.3 Å². The lowest BCUT2D eigenvalue weighted by Gasteiger charge is -2.12. The lowest BCUT2D eigenvalue weighted by molar-refractivity contribution is -0.116. The average molecular weight is 209 g/mol. The van der Waals surface area contributed by atoms with Crippen LogP contribution in [0.3, 0.4) is 0 Å². The first-order valence-corrected chi connectivity index (χ1v) is 5.41. The fourth-order valence-corrected chi connectivity index (χ4v) is 2.37. The van der Waals surface area contributed by atoms with Gasteiger partial charge in [0.15, 0.2) is 5.78 Å². The first-order chi connectivity index (χ1) is 6.66. The van der Waals surface area contributed by atoms with Crippen molar-refractivity contribution in [3.8, 4) is 0 Å². The molecule has 0 unspecified atom stereocenters. The third-order valence-corrected chi connectivity index (χ3v) is 3.29. The Morgan fingerprint density at radius 3 is 2.86 bits per heavy atom. The molecule has 0 saturated carbocycles. The molecule has 0 bridgehead atoms. The quantitative estimate of drug-likeness (QED) is 0.702. The van der Waals surface area contributed by atoms with Crippen molar-refractivity contribution in [2.45, 2.75) is 13.3 Å². The highest BCUT2D eigenvalue weighted by molar-refractivity contribution is 7.12. The van der Waals surface area contributed by atoms with Crippen LogP contribution in [0.25, 0.3) is 0 Å². The molecule has 3 nitrogen and oxygen atoms in total. The number of ketones is 1. The summed E-state index contributed by atoms with van der Waals surface area (Å²) in [5.41, 5.74) is 1.10. The third-order valence-electron chi connectivity index (χ3n) is 2.26. The largest absolute Gasteiger partial charge is 0.330 e.